The SMILES string of the molecule is CC1=C(C(C)C)C(O)=C(C(C)(O)C2CC2)CC(C)(C)C1. The fourth-order valence-corrected chi connectivity index (χ4v) is 3.88. The number of aliphatic hydroxyl groups is 2. The molecule has 1 fully saturated rings. The van der Waals surface area contributed by atoms with Gasteiger partial charge in [0, 0.05) is 5.57 Å². The Bertz CT molecular complexity index is 460. The van der Waals surface area contributed by atoms with Gasteiger partial charge in [-0.25, -0.2) is 0 Å². The third-order valence-electron chi connectivity index (χ3n) is 4.96. The van der Waals surface area contributed by atoms with Gasteiger partial charge in [-0.15, -0.1) is 0 Å². The maximum Gasteiger partial charge on any atom is 0.121 e. The summed E-state index contributed by atoms with van der Waals surface area (Å²) in [6, 6.07) is 0. The minimum absolute atomic E-state index is 0.0862. The Kier molecular flexibility index (Phi) is 3.83. The normalized spacial score (nSPS) is 26.8. The molecule has 114 valence electrons. The molecule has 2 rings (SSSR count). The van der Waals surface area contributed by atoms with E-state index in [9.17, 15) is 10.2 Å². The van der Waals surface area contributed by atoms with Gasteiger partial charge >= 0.3 is 0 Å². The lowest BCUT2D eigenvalue weighted by Crippen LogP contribution is -2.33. The van der Waals surface area contributed by atoms with Gasteiger partial charge in [-0.1, -0.05) is 33.3 Å². The van der Waals surface area contributed by atoms with E-state index in [-0.39, 0.29) is 11.3 Å². The van der Waals surface area contributed by atoms with Gasteiger partial charge in [0.15, 0.2) is 0 Å². The van der Waals surface area contributed by atoms with Crippen molar-refractivity contribution in [2.45, 2.75) is 72.8 Å². The van der Waals surface area contributed by atoms with E-state index < -0.39 is 5.60 Å². The predicted molar refractivity (Wildman–Crippen MR) is 83.6 cm³/mol. The first-order chi connectivity index (χ1) is 9.06. The molecule has 20 heavy (non-hydrogen) atoms. The number of aliphatic hydroxyl groups excluding tert-OH is 1. The lowest BCUT2D eigenvalue weighted by atomic mass is 9.76. The summed E-state index contributed by atoms with van der Waals surface area (Å²) < 4.78 is 0. The van der Waals surface area contributed by atoms with Gasteiger partial charge in [0.2, 0.25) is 0 Å². The predicted octanol–water partition coefficient (Wildman–Crippen LogP) is 4.75. The largest absolute Gasteiger partial charge is 0.508 e. The summed E-state index contributed by atoms with van der Waals surface area (Å²) in [4.78, 5) is 0. The number of allylic oxidation sites excluding steroid dienone is 2. The topological polar surface area (TPSA) is 40.5 Å². The standard InChI is InChI=1S/C18H30O2/c1-11(2)15-12(3)9-17(4,5)10-14(16(15)19)18(6,20)13-7-8-13/h11,13,19-20H,7-10H2,1-6H3. The molecule has 2 aliphatic rings. The Balaban J connectivity index is 2.56. The molecule has 2 aliphatic carbocycles. The zero-order valence-corrected chi connectivity index (χ0v) is 13.9. The summed E-state index contributed by atoms with van der Waals surface area (Å²) in [7, 11) is 0. The first kappa shape index (κ1) is 15.6. The second-order valence-electron chi connectivity index (χ2n) is 8.12. The van der Waals surface area contributed by atoms with Crippen molar-refractivity contribution in [1.29, 1.82) is 0 Å². The Morgan fingerprint density at radius 3 is 2.20 bits per heavy atom. The van der Waals surface area contributed by atoms with Crippen molar-refractivity contribution in [1.82, 2.24) is 0 Å². The lowest BCUT2D eigenvalue weighted by molar-refractivity contribution is 0.0608. The average molecular weight is 278 g/mol. The van der Waals surface area contributed by atoms with Crippen LogP contribution < -0.4 is 0 Å². The highest BCUT2D eigenvalue weighted by molar-refractivity contribution is 5.41. The molecule has 0 aromatic heterocycles. The zero-order valence-electron chi connectivity index (χ0n) is 13.9. The van der Waals surface area contributed by atoms with Gasteiger partial charge < -0.3 is 10.2 Å². The third kappa shape index (κ3) is 2.81. The molecule has 0 aromatic carbocycles. The maximum absolute atomic E-state index is 11.0. The molecule has 0 radical (unpaired) electrons. The molecule has 1 atom stereocenters. The molecule has 2 N–H and O–H groups in total. The van der Waals surface area contributed by atoms with E-state index in [4.69, 9.17) is 0 Å². The van der Waals surface area contributed by atoms with Crippen LogP contribution in [0.1, 0.15) is 67.2 Å². The van der Waals surface area contributed by atoms with E-state index in [1.165, 1.54) is 5.57 Å². The minimum atomic E-state index is -0.855. The summed E-state index contributed by atoms with van der Waals surface area (Å²) in [5.74, 6) is 0.983. The molecule has 1 saturated carbocycles. The van der Waals surface area contributed by atoms with Crippen LogP contribution in [0.25, 0.3) is 0 Å². The van der Waals surface area contributed by atoms with Crippen molar-refractivity contribution in [2.24, 2.45) is 17.3 Å². The highest BCUT2D eigenvalue weighted by Crippen LogP contribution is 2.50. The average Bonchev–Trinajstić information content (AvgIpc) is 3.06. The number of rotatable bonds is 3. The molecule has 0 spiro atoms. The Morgan fingerprint density at radius 2 is 1.75 bits per heavy atom. The second kappa shape index (κ2) is 4.91. The van der Waals surface area contributed by atoms with Gasteiger partial charge in [-0.05, 0) is 62.4 Å². The first-order valence-electron chi connectivity index (χ1n) is 7.91. The first-order valence-corrected chi connectivity index (χ1v) is 7.91. The summed E-state index contributed by atoms with van der Waals surface area (Å²) in [5.41, 5.74) is 2.41. The molecule has 0 amide bonds. The van der Waals surface area contributed by atoms with Crippen LogP contribution in [0.2, 0.25) is 0 Å². The highest BCUT2D eigenvalue weighted by Gasteiger charge is 2.46. The molecule has 2 nitrogen and oxygen atoms in total. The van der Waals surface area contributed by atoms with E-state index in [1.54, 1.807) is 0 Å². The van der Waals surface area contributed by atoms with Crippen LogP contribution in [0.15, 0.2) is 22.5 Å². The summed E-state index contributed by atoms with van der Waals surface area (Å²) in [6.45, 7) is 12.7. The molecular weight excluding hydrogens is 248 g/mol. The van der Waals surface area contributed by atoms with Crippen LogP contribution in [0.5, 0.6) is 0 Å². The van der Waals surface area contributed by atoms with Crippen LogP contribution in [0, 0.1) is 17.3 Å². The quantitative estimate of drug-likeness (QED) is 0.782. The van der Waals surface area contributed by atoms with Gasteiger partial charge in [-0.3, -0.25) is 0 Å². The van der Waals surface area contributed by atoms with E-state index >= 15 is 0 Å². The van der Waals surface area contributed by atoms with Crippen molar-refractivity contribution >= 4 is 0 Å². The van der Waals surface area contributed by atoms with E-state index in [0.717, 1.165) is 36.8 Å². The highest BCUT2D eigenvalue weighted by atomic mass is 16.3. The molecule has 0 saturated heterocycles. The van der Waals surface area contributed by atoms with Gasteiger partial charge in [-0.2, -0.15) is 0 Å². The van der Waals surface area contributed by atoms with Crippen LogP contribution in [-0.2, 0) is 0 Å². The number of hydrogen-bond donors (Lipinski definition) is 2. The molecule has 0 aromatic rings. The van der Waals surface area contributed by atoms with Gasteiger partial charge in [0.25, 0.3) is 0 Å². The lowest BCUT2D eigenvalue weighted by Gasteiger charge is -2.32. The third-order valence-corrected chi connectivity index (χ3v) is 4.96. The Hall–Kier alpha value is -0.760. The van der Waals surface area contributed by atoms with Gasteiger partial charge in [0.1, 0.15) is 5.76 Å². The van der Waals surface area contributed by atoms with Crippen LogP contribution >= 0.6 is 0 Å². The van der Waals surface area contributed by atoms with Crippen molar-refractivity contribution in [2.75, 3.05) is 0 Å². The Morgan fingerprint density at radius 1 is 1.20 bits per heavy atom. The van der Waals surface area contributed by atoms with E-state index in [2.05, 4.69) is 34.6 Å². The van der Waals surface area contributed by atoms with E-state index in [0.29, 0.717) is 11.7 Å². The molecule has 1 unspecified atom stereocenters. The van der Waals surface area contributed by atoms with Crippen molar-refractivity contribution in [3.63, 3.8) is 0 Å². The van der Waals surface area contributed by atoms with Crippen molar-refractivity contribution in [3.8, 4) is 0 Å². The fraction of sp³-hybridized carbons (Fsp3) is 0.778. The molecule has 0 aliphatic heterocycles. The Labute approximate surface area is 123 Å². The monoisotopic (exact) mass is 278 g/mol. The maximum atomic E-state index is 11.0. The van der Waals surface area contributed by atoms with Crippen molar-refractivity contribution in [3.05, 3.63) is 22.5 Å². The fourth-order valence-electron chi connectivity index (χ4n) is 3.88. The molecular formula is C18H30O2. The zero-order chi connectivity index (χ0) is 15.3. The molecule has 0 heterocycles. The van der Waals surface area contributed by atoms with Gasteiger partial charge in [0.05, 0.1) is 5.60 Å². The molecule has 0 bridgehead atoms. The van der Waals surface area contributed by atoms with Crippen LogP contribution in [0.3, 0.4) is 0 Å². The van der Waals surface area contributed by atoms with Crippen molar-refractivity contribution < 1.29 is 10.2 Å². The minimum Gasteiger partial charge on any atom is -0.508 e. The summed E-state index contributed by atoms with van der Waals surface area (Å²) in [6.07, 6.45) is 3.90. The smallest absolute Gasteiger partial charge is 0.121 e. The van der Waals surface area contributed by atoms with E-state index in [1.807, 2.05) is 6.92 Å². The number of hydrogen-bond acceptors (Lipinski definition) is 2. The van der Waals surface area contributed by atoms with Crippen LogP contribution in [-0.4, -0.2) is 15.8 Å². The summed E-state index contributed by atoms with van der Waals surface area (Å²) in [5, 5.41) is 21.8. The van der Waals surface area contributed by atoms with Crippen LogP contribution in [0.4, 0.5) is 0 Å². The second-order valence-corrected chi connectivity index (χ2v) is 8.12. The molecule has 2 heteroatoms. The summed E-state index contributed by atoms with van der Waals surface area (Å²) >= 11 is 0.